The predicted molar refractivity (Wildman–Crippen MR) is 75.1 cm³/mol. The molecule has 4 nitrogen and oxygen atoms in total. The molecule has 0 bridgehead atoms. The van der Waals surface area contributed by atoms with Gasteiger partial charge in [0.05, 0.1) is 13.2 Å². The number of carbonyl (C=O) groups excluding carboxylic acids is 1. The predicted octanol–water partition coefficient (Wildman–Crippen LogP) is 2.50. The van der Waals surface area contributed by atoms with Gasteiger partial charge in [0, 0.05) is 19.3 Å². The SMILES string of the molecule is NC(CCSCCCC(F)(F)F)C(=O)OC1CCOCC1. The van der Waals surface area contributed by atoms with E-state index in [1.54, 1.807) is 0 Å². The van der Waals surface area contributed by atoms with Gasteiger partial charge in [0.15, 0.2) is 0 Å². The normalized spacial score (nSPS) is 18.5. The Bertz CT molecular complexity index is 310. The average Bonchev–Trinajstić information content (AvgIpc) is 2.42. The van der Waals surface area contributed by atoms with Crippen molar-refractivity contribution < 1.29 is 27.4 Å². The minimum absolute atomic E-state index is 0.0932. The highest BCUT2D eigenvalue weighted by molar-refractivity contribution is 7.99. The third-order valence-electron chi connectivity index (χ3n) is 3.08. The van der Waals surface area contributed by atoms with Crippen LogP contribution in [-0.4, -0.2) is 49.0 Å². The largest absolute Gasteiger partial charge is 0.461 e. The van der Waals surface area contributed by atoms with Gasteiger partial charge in [-0.25, -0.2) is 0 Å². The molecule has 21 heavy (non-hydrogen) atoms. The summed E-state index contributed by atoms with van der Waals surface area (Å²) in [4.78, 5) is 11.7. The zero-order valence-electron chi connectivity index (χ0n) is 11.9. The fraction of sp³-hybridized carbons (Fsp3) is 0.923. The number of ether oxygens (including phenoxy) is 2. The molecule has 1 rings (SSSR count). The summed E-state index contributed by atoms with van der Waals surface area (Å²) in [7, 11) is 0. The molecule has 0 spiro atoms. The van der Waals surface area contributed by atoms with Crippen LogP contribution in [0.5, 0.6) is 0 Å². The van der Waals surface area contributed by atoms with Gasteiger partial charge in [-0.15, -0.1) is 0 Å². The number of carbonyl (C=O) groups is 1. The van der Waals surface area contributed by atoms with E-state index in [-0.39, 0.29) is 12.5 Å². The van der Waals surface area contributed by atoms with Crippen LogP contribution >= 0.6 is 11.8 Å². The van der Waals surface area contributed by atoms with Gasteiger partial charge in [-0.1, -0.05) is 0 Å². The van der Waals surface area contributed by atoms with E-state index in [1.165, 1.54) is 11.8 Å². The molecular weight excluding hydrogens is 307 g/mol. The van der Waals surface area contributed by atoms with E-state index in [9.17, 15) is 18.0 Å². The fourth-order valence-electron chi connectivity index (χ4n) is 1.85. The number of hydrogen-bond acceptors (Lipinski definition) is 5. The number of nitrogens with two attached hydrogens (primary N) is 1. The number of esters is 1. The van der Waals surface area contributed by atoms with Crippen molar-refractivity contribution in [2.24, 2.45) is 5.73 Å². The average molecular weight is 329 g/mol. The molecule has 0 amide bonds. The molecule has 1 unspecified atom stereocenters. The van der Waals surface area contributed by atoms with E-state index in [4.69, 9.17) is 15.2 Å². The zero-order valence-corrected chi connectivity index (χ0v) is 12.7. The van der Waals surface area contributed by atoms with E-state index >= 15 is 0 Å². The molecule has 0 saturated carbocycles. The van der Waals surface area contributed by atoms with Crippen molar-refractivity contribution in [2.75, 3.05) is 24.7 Å². The first-order valence-corrected chi connectivity index (χ1v) is 8.22. The monoisotopic (exact) mass is 329 g/mol. The smallest absolute Gasteiger partial charge is 0.389 e. The molecule has 124 valence electrons. The summed E-state index contributed by atoms with van der Waals surface area (Å²) >= 11 is 1.38. The van der Waals surface area contributed by atoms with E-state index in [1.807, 2.05) is 0 Å². The Morgan fingerprint density at radius 1 is 1.33 bits per heavy atom. The van der Waals surface area contributed by atoms with Crippen LogP contribution in [0.4, 0.5) is 13.2 Å². The number of rotatable bonds is 8. The molecule has 0 aliphatic carbocycles. The second-order valence-corrected chi connectivity index (χ2v) is 6.20. The minimum Gasteiger partial charge on any atom is -0.461 e. The topological polar surface area (TPSA) is 61.6 Å². The summed E-state index contributed by atoms with van der Waals surface area (Å²) in [5, 5.41) is 0. The molecule has 0 aromatic heterocycles. The molecule has 2 N–H and O–H groups in total. The first-order valence-electron chi connectivity index (χ1n) is 7.07. The van der Waals surface area contributed by atoms with Crippen molar-refractivity contribution in [3.05, 3.63) is 0 Å². The standard InChI is InChI=1S/C13H22F3NO3S/c14-13(15,16)5-1-8-21-9-4-11(17)12(18)20-10-2-6-19-7-3-10/h10-11H,1-9,17H2. The van der Waals surface area contributed by atoms with Crippen LogP contribution in [0.3, 0.4) is 0 Å². The number of halogens is 3. The summed E-state index contributed by atoms with van der Waals surface area (Å²) in [6, 6.07) is -0.706. The van der Waals surface area contributed by atoms with Crippen LogP contribution in [0.25, 0.3) is 0 Å². The highest BCUT2D eigenvalue weighted by atomic mass is 32.2. The number of thioether (sulfide) groups is 1. The van der Waals surface area contributed by atoms with Gasteiger partial charge in [0.25, 0.3) is 0 Å². The molecule has 0 aromatic carbocycles. The van der Waals surface area contributed by atoms with Crippen molar-refractivity contribution in [2.45, 2.75) is 50.4 Å². The molecule has 8 heteroatoms. The number of alkyl halides is 3. The zero-order chi connectivity index (χ0) is 15.7. The summed E-state index contributed by atoms with van der Waals surface area (Å²) in [5.74, 6) is 0.543. The van der Waals surface area contributed by atoms with Gasteiger partial charge in [0.1, 0.15) is 12.1 Å². The first kappa shape index (κ1) is 18.6. The van der Waals surface area contributed by atoms with Gasteiger partial charge in [-0.05, 0) is 24.3 Å². The Hall–Kier alpha value is -0.470. The second-order valence-electron chi connectivity index (χ2n) is 4.97. The van der Waals surface area contributed by atoms with Crippen LogP contribution < -0.4 is 5.73 Å². The maximum atomic E-state index is 11.9. The Morgan fingerprint density at radius 3 is 2.62 bits per heavy atom. The molecular formula is C13H22F3NO3S. The van der Waals surface area contributed by atoms with Crippen LogP contribution in [0, 0.1) is 0 Å². The Labute approximate surface area is 126 Å². The van der Waals surface area contributed by atoms with Crippen LogP contribution in [0.1, 0.15) is 32.1 Å². The third kappa shape index (κ3) is 9.21. The lowest BCUT2D eigenvalue weighted by Gasteiger charge is -2.23. The summed E-state index contributed by atoms with van der Waals surface area (Å²) in [6.45, 7) is 1.17. The van der Waals surface area contributed by atoms with Crippen LogP contribution in [0.2, 0.25) is 0 Å². The Balaban J connectivity index is 2.04. The molecule has 1 fully saturated rings. The van der Waals surface area contributed by atoms with Crippen molar-refractivity contribution >= 4 is 17.7 Å². The highest BCUT2D eigenvalue weighted by Crippen LogP contribution is 2.22. The maximum absolute atomic E-state index is 11.9. The van der Waals surface area contributed by atoms with E-state index in [0.29, 0.717) is 44.0 Å². The maximum Gasteiger partial charge on any atom is 0.389 e. The van der Waals surface area contributed by atoms with Crippen LogP contribution in [-0.2, 0) is 14.3 Å². The molecule has 1 heterocycles. The lowest BCUT2D eigenvalue weighted by Crippen LogP contribution is -2.37. The van der Waals surface area contributed by atoms with Crippen molar-refractivity contribution in [3.63, 3.8) is 0 Å². The number of hydrogen-bond donors (Lipinski definition) is 1. The summed E-state index contributed by atoms with van der Waals surface area (Å²) in [5.41, 5.74) is 5.72. The van der Waals surface area contributed by atoms with Crippen molar-refractivity contribution in [3.8, 4) is 0 Å². The van der Waals surface area contributed by atoms with Crippen molar-refractivity contribution in [1.29, 1.82) is 0 Å². The Morgan fingerprint density at radius 2 is 2.00 bits per heavy atom. The van der Waals surface area contributed by atoms with Gasteiger partial charge in [0.2, 0.25) is 0 Å². The highest BCUT2D eigenvalue weighted by Gasteiger charge is 2.26. The van der Waals surface area contributed by atoms with Gasteiger partial charge >= 0.3 is 12.1 Å². The molecule has 0 radical (unpaired) electrons. The first-order chi connectivity index (χ1) is 9.88. The third-order valence-corrected chi connectivity index (χ3v) is 4.18. The van der Waals surface area contributed by atoms with Gasteiger partial charge < -0.3 is 15.2 Å². The molecule has 1 saturated heterocycles. The molecule has 1 aliphatic rings. The lowest BCUT2D eigenvalue weighted by atomic mass is 10.1. The van der Waals surface area contributed by atoms with E-state index in [2.05, 4.69) is 0 Å². The Kier molecular flexibility index (Phi) is 8.43. The lowest BCUT2D eigenvalue weighted by molar-refractivity contribution is -0.154. The molecule has 1 atom stereocenters. The van der Waals surface area contributed by atoms with Crippen molar-refractivity contribution in [1.82, 2.24) is 0 Å². The fourth-order valence-corrected chi connectivity index (χ4v) is 2.82. The minimum atomic E-state index is -4.09. The van der Waals surface area contributed by atoms with Gasteiger partial charge in [-0.3, -0.25) is 4.79 Å². The van der Waals surface area contributed by atoms with E-state index in [0.717, 1.165) is 0 Å². The molecule has 1 aliphatic heterocycles. The summed E-state index contributed by atoms with van der Waals surface area (Å²) in [6.07, 6.45) is -3.11. The molecule has 0 aromatic rings. The van der Waals surface area contributed by atoms with Crippen LogP contribution in [0.15, 0.2) is 0 Å². The van der Waals surface area contributed by atoms with E-state index < -0.39 is 24.6 Å². The summed E-state index contributed by atoms with van der Waals surface area (Å²) < 4.78 is 46.2. The van der Waals surface area contributed by atoms with Gasteiger partial charge in [-0.2, -0.15) is 24.9 Å². The second kappa shape index (κ2) is 9.53. The quantitative estimate of drug-likeness (QED) is 0.548.